The number of carbonyl (C=O) groups is 14. The second-order valence-electron chi connectivity index (χ2n) is 21.0. The lowest BCUT2D eigenvalue weighted by atomic mass is 10.1. The van der Waals surface area contributed by atoms with Crippen molar-refractivity contribution in [3.8, 4) is 5.75 Å². The summed E-state index contributed by atoms with van der Waals surface area (Å²) < 4.78 is 10.5. The Balaban J connectivity index is 1.43. The number of unbranched alkanes of at least 4 members (excludes halogenated alkanes) is 2. The van der Waals surface area contributed by atoms with Gasteiger partial charge in [-0.25, -0.2) is 14.4 Å². The first-order valence-corrected chi connectivity index (χ1v) is 29.1. The van der Waals surface area contributed by atoms with Crippen molar-refractivity contribution in [3.63, 3.8) is 0 Å². The average molecular weight is 1290 g/mol. The van der Waals surface area contributed by atoms with Gasteiger partial charge in [-0.3, -0.25) is 72.3 Å². The SMILES string of the molecule is O=CO[C@H](CCCCNC(=O)[C@H](Cc1ccccc1)NC(=O)COc1ccc(C(=O)NCCCC[C@H](NC(=O)CNC(=O)CCC(C(=O)O)N2CCN(CC(=O)O)CCN(CC(=O)O)CCN(CC(=O)O)CC2)C(=O)O)cc1)NC(=O)N[C@@H](CCC(=O)O)C(=O)O. The number of aliphatic carboxylic acids is 7. The number of hydrogen-bond donors (Lipinski definition) is 14. The fourth-order valence-electron chi connectivity index (χ4n) is 9.24. The van der Waals surface area contributed by atoms with Crippen LogP contribution in [-0.2, 0) is 68.7 Å². The van der Waals surface area contributed by atoms with Crippen molar-refractivity contribution in [2.45, 2.75) is 101 Å². The molecule has 502 valence electrons. The summed E-state index contributed by atoms with van der Waals surface area (Å²) in [6.07, 6.45) is -1.54. The van der Waals surface area contributed by atoms with E-state index in [0.717, 1.165) is 5.56 Å². The third-order valence-corrected chi connectivity index (χ3v) is 14.0. The Labute approximate surface area is 522 Å². The molecule has 1 saturated heterocycles. The third kappa shape index (κ3) is 32.5. The molecule has 91 heavy (non-hydrogen) atoms. The molecule has 1 aliphatic rings. The van der Waals surface area contributed by atoms with Crippen molar-refractivity contribution in [2.24, 2.45) is 0 Å². The third-order valence-electron chi connectivity index (χ3n) is 14.0. The maximum absolute atomic E-state index is 13.4. The van der Waals surface area contributed by atoms with Gasteiger partial charge in [-0.2, -0.15) is 0 Å². The van der Waals surface area contributed by atoms with Crippen LogP contribution in [0.25, 0.3) is 0 Å². The van der Waals surface area contributed by atoms with Crippen molar-refractivity contribution in [2.75, 3.05) is 98.2 Å². The molecule has 0 saturated carbocycles. The molecule has 1 fully saturated rings. The van der Waals surface area contributed by atoms with E-state index in [2.05, 4.69) is 37.2 Å². The molecule has 0 radical (unpaired) electrons. The van der Waals surface area contributed by atoms with Crippen LogP contribution in [0.5, 0.6) is 5.75 Å². The molecule has 14 N–H and O–H groups in total. The molecule has 1 unspecified atom stereocenters. The number of nitrogens with zero attached hydrogens (tertiary/aromatic N) is 4. The van der Waals surface area contributed by atoms with Crippen LogP contribution in [0, 0.1) is 0 Å². The fourth-order valence-corrected chi connectivity index (χ4v) is 9.24. The van der Waals surface area contributed by atoms with Crippen molar-refractivity contribution in [1.29, 1.82) is 0 Å². The quantitative estimate of drug-likeness (QED) is 0.0186. The zero-order chi connectivity index (χ0) is 67.3. The molecule has 34 nitrogen and oxygen atoms in total. The smallest absolute Gasteiger partial charge is 0.326 e. The molecule has 1 aliphatic heterocycles. The van der Waals surface area contributed by atoms with E-state index >= 15 is 0 Å². The maximum atomic E-state index is 13.4. The second-order valence-corrected chi connectivity index (χ2v) is 21.0. The minimum Gasteiger partial charge on any atom is -0.484 e. The topological polar surface area (TPSA) is 496 Å². The summed E-state index contributed by atoms with van der Waals surface area (Å²) >= 11 is 0. The van der Waals surface area contributed by atoms with Crippen LogP contribution in [0.1, 0.15) is 80.1 Å². The van der Waals surface area contributed by atoms with Crippen LogP contribution in [0.4, 0.5) is 4.79 Å². The number of carboxylic acid groups (broad SMARTS) is 7. The van der Waals surface area contributed by atoms with E-state index in [1.54, 1.807) is 35.2 Å². The number of rotatable bonds is 41. The molecular weight excluding hydrogens is 1210 g/mol. The lowest BCUT2D eigenvalue weighted by Crippen LogP contribution is -2.52. The van der Waals surface area contributed by atoms with Gasteiger partial charge in [0.15, 0.2) is 12.8 Å². The standard InChI is InChI=1S/C57H81N11O23/c69-36-91-47(64-57(89)63-41(55(85)86)16-19-48(73)74)11-5-7-21-59-53(82)42(30-37-8-2-1-3-9-37)62-46(72)35-90-39-14-12-38(13-15-39)52(81)58-20-6-4-10-40(54(83)84)61-45(71)31-60-44(70)18-17-43(56(87)88)68-28-26-66(33-50(77)78)24-22-65(32-49(75)76)23-25-67(27-29-68)34-51(79)80/h1-3,8-9,12-15,36,40-43,47H,4-7,10-11,16-35H2,(H,58,81)(H,59,82)(H,60,70)(H,61,71)(H,62,72)(H,73,74)(H,75,76)(H,77,78)(H,79,80)(H,83,84)(H,85,86)(H,87,88)(H2,63,64,89)/t40-,41-,42-,43?,47+/m0/s1. The summed E-state index contributed by atoms with van der Waals surface area (Å²) in [5.41, 5.74) is 0.949. The molecule has 7 amide bonds. The van der Waals surface area contributed by atoms with E-state index < -0.39 is 153 Å². The van der Waals surface area contributed by atoms with Crippen LogP contribution >= 0.6 is 0 Å². The summed E-state index contributed by atoms with van der Waals surface area (Å²) in [5.74, 6) is -11.9. The van der Waals surface area contributed by atoms with Crippen LogP contribution in [0.3, 0.4) is 0 Å². The van der Waals surface area contributed by atoms with E-state index in [0.29, 0.717) is 19.3 Å². The first-order chi connectivity index (χ1) is 43.3. The zero-order valence-corrected chi connectivity index (χ0v) is 50.0. The van der Waals surface area contributed by atoms with Crippen molar-refractivity contribution >= 4 is 83.8 Å². The molecular formula is C57H81N11O23. The summed E-state index contributed by atoms with van der Waals surface area (Å²) in [6, 6.07) is 8.32. The van der Waals surface area contributed by atoms with Gasteiger partial charge in [-0.05, 0) is 74.8 Å². The zero-order valence-electron chi connectivity index (χ0n) is 50.0. The molecule has 0 spiro atoms. The lowest BCUT2D eigenvalue weighted by molar-refractivity contribution is -0.145. The second kappa shape index (κ2) is 41.6. The molecule has 5 atom stereocenters. The summed E-state index contributed by atoms with van der Waals surface area (Å²) in [4.78, 5) is 176. The number of carbonyl (C=O) groups excluding carboxylic acids is 7. The number of ether oxygens (including phenoxy) is 2. The van der Waals surface area contributed by atoms with E-state index in [-0.39, 0.29) is 122 Å². The number of urea groups is 1. The Hall–Kier alpha value is -9.54. The molecule has 3 rings (SSSR count). The number of benzene rings is 2. The van der Waals surface area contributed by atoms with Crippen molar-refractivity contribution < 1.29 is 112 Å². The Morgan fingerprint density at radius 1 is 0.495 bits per heavy atom. The van der Waals surface area contributed by atoms with Crippen molar-refractivity contribution in [3.05, 3.63) is 65.7 Å². The Morgan fingerprint density at radius 3 is 1.55 bits per heavy atom. The minimum absolute atomic E-state index is 0.0184. The van der Waals surface area contributed by atoms with E-state index in [1.165, 1.54) is 39.0 Å². The largest absolute Gasteiger partial charge is 0.484 e. The molecule has 0 aliphatic carbocycles. The monoisotopic (exact) mass is 1290 g/mol. The highest BCUT2D eigenvalue weighted by molar-refractivity contribution is 5.94. The summed E-state index contributed by atoms with van der Waals surface area (Å²) in [5, 5.41) is 83.8. The first kappa shape index (κ1) is 75.7. The number of amides is 7. The molecule has 2 aromatic carbocycles. The lowest BCUT2D eigenvalue weighted by Gasteiger charge is -2.35. The van der Waals surface area contributed by atoms with Gasteiger partial charge < -0.3 is 82.4 Å². The van der Waals surface area contributed by atoms with E-state index in [4.69, 9.17) is 14.6 Å². The average Bonchev–Trinajstić information content (AvgIpc) is 1.81. The van der Waals surface area contributed by atoms with Crippen LogP contribution in [-0.4, -0.2) is 268 Å². The maximum Gasteiger partial charge on any atom is 0.326 e. The van der Waals surface area contributed by atoms with Crippen molar-refractivity contribution in [1.82, 2.24) is 56.8 Å². The van der Waals surface area contributed by atoms with Gasteiger partial charge in [0.05, 0.1) is 26.2 Å². The number of nitrogens with one attached hydrogen (secondary N) is 7. The van der Waals surface area contributed by atoms with E-state index in [9.17, 15) is 97.8 Å². The summed E-state index contributed by atoms with van der Waals surface area (Å²) in [7, 11) is 0. The number of carboxylic acids is 7. The Bertz CT molecular complexity index is 2730. The fraction of sp³-hybridized carbons (Fsp3) is 0.544. The first-order valence-electron chi connectivity index (χ1n) is 29.1. The molecule has 34 heteroatoms. The van der Waals surface area contributed by atoms with Crippen LogP contribution in [0.2, 0.25) is 0 Å². The predicted molar refractivity (Wildman–Crippen MR) is 315 cm³/mol. The van der Waals surface area contributed by atoms with Gasteiger partial charge in [-0.15, -0.1) is 0 Å². The molecule has 0 aromatic heterocycles. The Kier molecular flexibility index (Phi) is 34.6. The van der Waals surface area contributed by atoms with Gasteiger partial charge >= 0.3 is 47.8 Å². The molecule has 2 aromatic rings. The van der Waals surface area contributed by atoms with Gasteiger partial charge in [0.2, 0.25) is 17.7 Å². The van der Waals surface area contributed by atoms with Gasteiger partial charge in [0, 0.05) is 96.7 Å². The van der Waals surface area contributed by atoms with Gasteiger partial charge in [0.1, 0.15) is 29.9 Å². The van der Waals surface area contributed by atoms with Crippen LogP contribution < -0.4 is 42.0 Å². The van der Waals surface area contributed by atoms with E-state index in [1.807, 2.05) is 0 Å². The highest BCUT2D eigenvalue weighted by Gasteiger charge is 2.30. The normalized spacial score (nSPS) is 15.1. The highest BCUT2D eigenvalue weighted by Crippen LogP contribution is 2.15. The highest BCUT2D eigenvalue weighted by atomic mass is 16.5. The molecule has 0 bridgehead atoms. The van der Waals surface area contributed by atoms with Gasteiger partial charge in [-0.1, -0.05) is 30.3 Å². The minimum atomic E-state index is -1.52. The molecule has 1 heterocycles. The number of hydrogen-bond acceptors (Lipinski definition) is 20. The summed E-state index contributed by atoms with van der Waals surface area (Å²) in [6.45, 7) is -1.63. The Morgan fingerprint density at radius 2 is 1.02 bits per heavy atom. The van der Waals surface area contributed by atoms with Crippen LogP contribution in [0.15, 0.2) is 54.6 Å². The van der Waals surface area contributed by atoms with Gasteiger partial charge in [0.25, 0.3) is 18.3 Å². The predicted octanol–water partition coefficient (Wildman–Crippen LogP) is -2.51.